The maximum atomic E-state index is 12.4. The number of nitrogens with zero attached hydrogens (tertiary/aromatic N) is 1. The smallest absolute Gasteiger partial charge is 0.262 e. The van der Waals surface area contributed by atoms with E-state index in [1.54, 1.807) is 30.3 Å². The van der Waals surface area contributed by atoms with Crippen molar-refractivity contribution < 1.29 is 28.2 Å². The van der Waals surface area contributed by atoms with Crippen LogP contribution in [0.2, 0.25) is 0 Å². The first kappa shape index (κ1) is 26.4. The van der Waals surface area contributed by atoms with Crippen molar-refractivity contribution in [1.29, 1.82) is 5.26 Å². The molecule has 0 atom stereocenters. The number of nitrogens with one attached hydrogen (secondary N) is 1. The number of rotatable bonds is 14. The molecule has 0 aliphatic carbocycles. The minimum absolute atomic E-state index is 0.0287. The van der Waals surface area contributed by atoms with E-state index in [9.17, 15) is 10.1 Å². The summed E-state index contributed by atoms with van der Waals surface area (Å²) in [7, 11) is 0. The van der Waals surface area contributed by atoms with E-state index in [-0.39, 0.29) is 12.1 Å². The highest BCUT2D eigenvalue weighted by atomic mass is 16.6. The Morgan fingerprint density at radius 3 is 2.44 bits per heavy atom. The number of nitriles is 1. The molecule has 3 aromatic rings. The van der Waals surface area contributed by atoms with E-state index in [2.05, 4.69) is 5.32 Å². The lowest BCUT2D eigenvalue weighted by molar-refractivity contribution is -0.117. The lowest BCUT2D eigenvalue weighted by atomic mass is 10.1. The molecule has 36 heavy (non-hydrogen) atoms. The number of amides is 1. The Balaban J connectivity index is 1.49. The lowest BCUT2D eigenvalue weighted by Crippen LogP contribution is -2.23. The normalized spacial score (nSPS) is 11.0. The number of benzene rings is 2. The molecule has 3 rings (SSSR count). The van der Waals surface area contributed by atoms with Crippen LogP contribution in [0.15, 0.2) is 70.9 Å². The summed E-state index contributed by atoms with van der Waals surface area (Å²) in [6.45, 7) is 6.11. The summed E-state index contributed by atoms with van der Waals surface area (Å²) < 4.78 is 28.0. The molecule has 1 N–H and O–H groups in total. The first-order chi connectivity index (χ1) is 17.6. The van der Waals surface area contributed by atoms with Gasteiger partial charge in [0, 0.05) is 0 Å². The lowest BCUT2D eigenvalue weighted by Gasteiger charge is -2.13. The van der Waals surface area contributed by atoms with Crippen molar-refractivity contribution in [3.05, 3.63) is 83.3 Å². The van der Waals surface area contributed by atoms with Crippen LogP contribution in [0.25, 0.3) is 6.08 Å². The predicted molar refractivity (Wildman–Crippen MR) is 135 cm³/mol. The molecule has 0 saturated carbocycles. The van der Waals surface area contributed by atoms with Crippen LogP contribution in [0.4, 0.5) is 0 Å². The van der Waals surface area contributed by atoms with Crippen molar-refractivity contribution in [2.75, 3.05) is 33.0 Å². The molecule has 0 fully saturated rings. The Hall–Kier alpha value is -4.22. The van der Waals surface area contributed by atoms with E-state index in [1.807, 2.05) is 44.2 Å². The summed E-state index contributed by atoms with van der Waals surface area (Å²) in [5, 5.41) is 12.1. The summed E-state index contributed by atoms with van der Waals surface area (Å²) in [5.41, 5.74) is 1.69. The summed E-state index contributed by atoms with van der Waals surface area (Å²) >= 11 is 0. The molecule has 0 unspecified atom stereocenters. The Morgan fingerprint density at radius 2 is 1.75 bits per heavy atom. The van der Waals surface area contributed by atoms with Crippen LogP contribution in [-0.2, 0) is 16.1 Å². The zero-order valence-corrected chi connectivity index (χ0v) is 20.5. The van der Waals surface area contributed by atoms with E-state index < -0.39 is 5.91 Å². The van der Waals surface area contributed by atoms with Gasteiger partial charge in [0.05, 0.1) is 32.6 Å². The quantitative estimate of drug-likeness (QED) is 0.199. The fourth-order valence-corrected chi connectivity index (χ4v) is 3.23. The maximum absolute atomic E-state index is 12.4. The van der Waals surface area contributed by atoms with Crippen molar-refractivity contribution in [2.45, 2.75) is 20.4 Å². The van der Waals surface area contributed by atoms with Crippen molar-refractivity contribution in [3.63, 3.8) is 0 Å². The second kappa shape index (κ2) is 14.2. The average Bonchev–Trinajstić information content (AvgIpc) is 3.41. The highest BCUT2D eigenvalue weighted by Crippen LogP contribution is 2.29. The first-order valence-electron chi connectivity index (χ1n) is 11.7. The molecule has 0 spiro atoms. The molecule has 0 radical (unpaired) electrons. The van der Waals surface area contributed by atoms with Crippen molar-refractivity contribution in [2.24, 2.45) is 0 Å². The van der Waals surface area contributed by atoms with Crippen LogP contribution in [-0.4, -0.2) is 38.9 Å². The zero-order valence-electron chi connectivity index (χ0n) is 20.5. The monoisotopic (exact) mass is 490 g/mol. The molecule has 1 amide bonds. The van der Waals surface area contributed by atoms with Gasteiger partial charge in [0.25, 0.3) is 5.91 Å². The number of carbonyl (C=O) groups is 1. The number of carbonyl (C=O) groups excluding carboxylic acids is 1. The van der Waals surface area contributed by atoms with Gasteiger partial charge in [0.2, 0.25) is 0 Å². The van der Waals surface area contributed by atoms with Gasteiger partial charge in [-0.1, -0.05) is 24.3 Å². The number of para-hydroxylation sites is 1. The second-order valence-electron chi connectivity index (χ2n) is 7.65. The SMILES string of the molecule is CCOc1cc(/C=C(\C#N)C(=O)NCc2ccco2)ccc1OCCOCCOc1ccccc1C. The Morgan fingerprint density at radius 1 is 0.972 bits per heavy atom. The van der Waals surface area contributed by atoms with E-state index in [4.69, 9.17) is 23.4 Å². The van der Waals surface area contributed by atoms with Crippen molar-refractivity contribution in [3.8, 4) is 23.3 Å². The minimum atomic E-state index is -0.490. The van der Waals surface area contributed by atoms with E-state index >= 15 is 0 Å². The topological polar surface area (TPSA) is 103 Å². The zero-order chi connectivity index (χ0) is 25.6. The molecule has 1 aromatic heterocycles. The van der Waals surface area contributed by atoms with Gasteiger partial charge in [0.15, 0.2) is 11.5 Å². The highest BCUT2D eigenvalue weighted by molar-refractivity contribution is 6.01. The molecule has 0 aliphatic heterocycles. The molecular formula is C28H30N2O6. The van der Waals surface area contributed by atoms with Crippen LogP contribution in [0.3, 0.4) is 0 Å². The molecule has 0 bridgehead atoms. The molecular weight excluding hydrogens is 460 g/mol. The molecule has 0 saturated heterocycles. The van der Waals surface area contributed by atoms with Crippen LogP contribution in [0.5, 0.6) is 17.2 Å². The number of ether oxygens (including phenoxy) is 4. The summed E-state index contributed by atoms with van der Waals surface area (Å²) in [6.07, 6.45) is 3.02. The van der Waals surface area contributed by atoms with Gasteiger partial charge in [-0.15, -0.1) is 0 Å². The largest absolute Gasteiger partial charge is 0.491 e. The summed E-state index contributed by atoms with van der Waals surface area (Å²) in [5.74, 6) is 2.03. The fourth-order valence-electron chi connectivity index (χ4n) is 3.23. The average molecular weight is 491 g/mol. The van der Waals surface area contributed by atoms with Crippen LogP contribution in [0, 0.1) is 18.3 Å². The second-order valence-corrected chi connectivity index (χ2v) is 7.65. The predicted octanol–water partition coefficient (Wildman–Crippen LogP) is 4.68. The van der Waals surface area contributed by atoms with Crippen LogP contribution < -0.4 is 19.5 Å². The Kier molecular flexibility index (Phi) is 10.4. The molecule has 188 valence electrons. The standard InChI is InChI=1S/C28H30N2O6/c1-3-33-27-18-22(17-23(19-29)28(31)30-20-24-8-6-12-34-24)10-11-26(27)36-16-14-32-13-15-35-25-9-5-4-7-21(25)2/h4-12,17-18H,3,13-16,20H2,1-2H3,(H,30,31)/b23-17+. The molecule has 0 aliphatic rings. The molecule has 8 heteroatoms. The van der Waals surface area contributed by atoms with Gasteiger partial charge in [-0.25, -0.2) is 0 Å². The molecule has 2 aromatic carbocycles. The number of aryl methyl sites for hydroxylation is 1. The number of hydrogen-bond donors (Lipinski definition) is 1. The minimum Gasteiger partial charge on any atom is -0.491 e. The van der Waals surface area contributed by atoms with Crippen LogP contribution in [0.1, 0.15) is 23.8 Å². The number of hydrogen-bond acceptors (Lipinski definition) is 7. The van der Waals surface area contributed by atoms with E-state index in [0.717, 1.165) is 11.3 Å². The van der Waals surface area contributed by atoms with Gasteiger partial charge in [-0.2, -0.15) is 5.26 Å². The highest BCUT2D eigenvalue weighted by Gasteiger charge is 2.12. The van der Waals surface area contributed by atoms with Crippen molar-refractivity contribution in [1.82, 2.24) is 5.32 Å². The third-order valence-electron chi connectivity index (χ3n) is 5.01. The van der Waals surface area contributed by atoms with E-state index in [0.29, 0.717) is 55.9 Å². The third kappa shape index (κ3) is 8.22. The van der Waals surface area contributed by atoms with Crippen LogP contribution >= 0.6 is 0 Å². The first-order valence-corrected chi connectivity index (χ1v) is 11.7. The fraction of sp³-hybridized carbons (Fsp3) is 0.286. The maximum Gasteiger partial charge on any atom is 0.262 e. The van der Waals surface area contributed by atoms with E-state index in [1.165, 1.54) is 12.3 Å². The van der Waals surface area contributed by atoms with Gasteiger partial charge >= 0.3 is 0 Å². The van der Waals surface area contributed by atoms with Gasteiger partial charge < -0.3 is 28.7 Å². The Labute approximate surface area is 211 Å². The summed E-state index contributed by atoms with van der Waals surface area (Å²) in [4.78, 5) is 12.4. The molecule has 8 nitrogen and oxygen atoms in total. The van der Waals surface area contributed by atoms with Gasteiger partial charge in [0.1, 0.15) is 36.4 Å². The van der Waals surface area contributed by atoms with Gasteiger partial charge in [-0.05, 0) is 61.4 Å². The number of furan rings is 1. The third-order valence-corrected chi connectivity index (χ3v) is 5.01. The van der Waals surface area contributed by atoms with Gasteiger partial charge in [-0.3, -0.25) is 4.79 Å². The Bertz CT molecular complexity index is 1180. The van der Waals surface area contributed by atoms with Crippen molar-refractivity contribution >= 4 is 12.0 Å². The summed E-state index contributed by atoms with van der Waals surface area (Å²) in [6, 6.07) is 18.5. The molecule has 1 heterocycles.